The van der Waals surface area contributed by atoms with Crippen molar-refractivity contribution in [2.24, 2.45) is 0 Å². The molecular formula is C10H22N2. The van der Waals surface area contributed by atoms with Crippen molar-refractivity contribution in [3.8, 4) is 0 Å². The van der Waals surface area contributed by atoms with Gasteiger partial charge in [0.05, 0.1) is 0 Å². The first-order chi connectivity index (χ1) is 5.86. The minimum atomic E-state index is 0.722. The van der Waals surface area contributed by atoms with Gasteiger partial charge in [-0.2, -0.15) is 0 Å². The van der Waals surface area contributed by atoms with Crippen LogP contribution in [0.3, 0.4) is 0 Å². The highest BCUT2D eigenvalue weighted by molar-refractivity contribution is 4.80. The van der Waals surface area contributed by atoms with Crippen molar-refractivity contribution in [2.75, 3.05) is 13.6 Å². The van der Waals surface area contributed by atoms with Gasteiger partial charge in [0.25, 0.3) is 0 Å². The van der Waals surface area contributed by atoms with Gasteiger partial charge in [-0.15, -0.1) is 0 Å². The van der Waals surface area contributed by atoms with Crippen LogP contribution in [0.4, 0.5) is 0 Å². The van der Waals surface area contributed by atoms with Crippen LogP contribution in [0.25, 0.3) is 0 Å². The molecule has 0 amide bonds. The van der Waals surface area contributed by atoms with Crippen LogP contribution in [0.1, 0.15) is 39.0 Å². The summed E-state index contributed by atoms with van der Waals surface area (Å²) >= 11 is 0. The molecule has 1 fully saturated rings. The minimum absolute atomic E-state index is 0.722. The van der Waals surface area contributed by atoms with Crippen LogP contribution in [0.15, 0.2) is 0 Å². The normalized spacial score (nSPS) is 30.5. The van der Waals surface area contributed by atoms with Crippen LogP contribution >= 0.6 is 0 Å². The Morgan fingerprint density at radius 1 is 1.33 bits per heavy atom. The van der Waals surface area contributed by atoms with E-state index in [2.05, 4.69) is 17.6 Å². The van der Waals surface area contributed by atoms with E-state index in [-0.39, 0.29) is 0 Å². The molecule has 0 saturated carbocycles. The van der Waals surface area contributed by atoms with Crippen molar-refractivity contribution in [1.29, 1.82) is 0 Å². The van der Waals surface area contributed by atoms with Gasteiger partial charge in [0, 0.05) is 18.6 Å². The third kappa shape index (κ3) is 3.11. The molecule has 0 aliphatic carbocycles. The summed E-state index contributed by atoms with van der Waals surface area (Å²) in [5, 5.41) is 6.93. The van der Waals surface area contributed by atoms with Gasteiger partial charge in [-0.25, -0.2) is 0 Å². The van der Waals surface area contributed by atoms with Crippen molar-refractivity contribution in [3.63, 3.8) is 0 Å². The maximum absolute atomic E-state index is 3.69. The lowest BCUT2D eigenvalue weighted by molar-refractivity contribution is 0.302. The van der Waals surface area contributed by atoms with Crippen LogP contribution in [0.2, 0.25) is 0 Å². The highest BCUT2D eigenvalue weighted by Crippen LogP contribution is 2.15. The van der Waals surface area contributed by atoms with Crippen molar-refractivity contribution in [2.45, 2.75) is 51.1 Å². The molecule has 1 heterocycles. The summed E-state index contributed by atoms with van der Waals surface area (Å²) in [6.45, 7) is 3.39. The van der Waals surface area contributed by atoms with Gasteiger partial charge in [-0.1, -0.05) is 19.8 Å². The fraction of sp³-hybridized carbons (Fsp3) is 1.00. The van der Waals surface area contributed by atoms with Gasteiger partial charge < -0.3 is 10.6 Å². The predicted molar refractivity (Wildman–Crippen MR) is 53.4 cm³/mol. The van der Waals surface area contributed by atoms with Crippen LogP contribution < -0.4 is 10.6 Å². The number of rotatable bonds is 4. The molecule has 1 aliphatic rings. The molecule has 0 bridgehead atoms. The zero-order chi connectivity index (χ0) is 8.81. The number of hydrogen-bond acceptors (Lipinski definition) is 2. The number of nitrogens with one attached hydrogen (secondary N) is 2. The van der Waals surface area contributed by atoms with Crippen LogP contribution in [0, 0.1) is 0 Å². The van der Waals surface area contributed by atoms with Crippen LogP contribution in [0.5, 0.6) is 0 Å². The van der Waals surface area contributed by atoms with Gasteiger partial charge in [0.15, 0.2) is 0 Å². The highest BCUT2D eigenvalue weighted by Gasteiger charge is 2.18. The SMILES string of the molecule is CCCC1CCCC(CNC)N1. The van der Waals surface area contributed by atoms with Crippen molar-refractivity contribution < 1.29 is 0 Å². The molecule has 0 aromatic carbocycles. The molecule has 2 nitrogen and oxygen atoms in total. The van der Waals surface area contributed by atoms with E-state index in [0.717, 1.165) is 18.6 Å². The van der Waals surface area contributed by atoms with E-state index in [1.165, 1.54) is 32.1 Å². The zero-order valence-electron chi connectivity index (χ0n) is 8.40. The molecule has 0 aromatic heterocycles. The van der Waals surface area contributed by atoms with Gasteiger partial charge in [0.1, 0.15) is 0 Å². The molecule has 1 saturated heterocycles. The lowest BCUT2D eigenvalue weighted by Crippen LogP contribution is -2.46. The molecular weight excluding hydrogens is 148 g/mol. The lowest BCUT2D eigenvalue weighted by Gasteiger charge is -2.30. The molecule has 2 unspecified atom stereocenters. The average molecular weight is 170 g/mol. The van der Waals surface area contributed by atoms with E-state index in [1.807, 2.05) is 7.05 Å². The van der Waals surface area contributed by atoms with E-state index in [9.17, 15) is 0 Å². The largest absolute Gasteiger partial charge is 0.318 e. The Hall–Kier alpha value is -0.0800. The molecule has 12 heavy (non-hydrogen) atoms. The zero-order valence-corrected chi connectivity index (χ0v) is 8.40. The third-order valence-electron chi connectivity index (χ3n) is 2.66. The van der Waals surface area contributed by atoms with Gasteiger partial charge >= 0.3 is 0 Å². The molecule has 0 radical (unpaired) electrons. The summed E-state index contributed by atoms with van der Waals surface area (Å²) in [6.07, 6.45) is 6.79. The third-order valence-corrected chi connectivity index (χ3v) is 2.66. The van der Waals surface area contributed by atoms with Gasteiger partial charge in [-0.05, 0) is 26.3 Å². The highest BCUT2D eigenvalue weighted by atomic mass is 15.0. The summed E-state index contributed by atoms with van der Waals surface area (Å²) in [5.41, 5.74) is 0. The quantitative estimate of drug-likeness (QED) is 0.668. The predicted octanol–water partition coefficient (Wildman–Crippen LogP) is 1.52. The fourth-order valence-electron chi connectivity index (χ4n) is 2.09. The van der Waals surface area contributed by atoms with E-state index >= 15 is 0 Å². The van der Waals surface area contributed by atoms with Gasteiger partial charge in [0.2, 0.25) is 0 Å². The Morgan fingerprint density at radius 2 is 2.08 bits per heavy atom. The summed E-state index contributed by atoms with van der Waals surface area (Å²) in [4.78, 5) is 0. The first kappa shape index (κ1) is 10.0. The second-order valence-electron chi connectivity index (χ2n) is 3.84. The van der Waals surface area contributed by atoms with E-state index in [4.69, 9.17) is 0 Å². The van der Waals surface area contributed by atoms with Crippen molar-refractivity contribution in [1.82, 2.24) is 10.6 Å². The van der Waals surface area contributed by atoms with Gasteiger partial charge in [-0.3, -0.25) is 0 Å². The summed E-state index contributed by atoms with van der Waals surface area (Å²) in [7, 11) is 2.03. The molecule has 2 atom stereocenters. The monoisotopic (exact) mass is 170 g/mol. The second kappa shape index (κ2) is 5.55. The molecule has 72 valence electrons. The summed E-state index contributed by atoms with van der Waals surface area (Å²) < 4.78 is 0. The number of hydrogen-bond donors (Lipinski definition) is 2. The Morgan fingerprint density at radius 3 is 2.75 bits per heavy atom. The second-order valence-corrected chi connectivity index (χ2v) is 3.84. The van der Waals surface area contributed by atoms with Crippen molar-refractivity contribution >= 4 is 0 Å². The molecule has 2 heteroatoms. The maximum atomic E-state index is 3.69. The number of piperidine rings is 1. The fourth-order valence-corrected chi connectivity index (χ4v) is 2.09. The standard InChI is InChI=1S/C10H22N2/c1-3-5-9-6-4-7-10(12-9)8-11-2/h9-12H,3-8H2,1-2H3. The van der Waals surface area contributed by atoms with Crippen LogP contribution in [-0.4, -0.2) is 25.7 Å². The van der Waals surface area contributed by atoms with E-state index in [1.54, 1.807) is 0 Å². The Labute approximate surface area is 76.1 Å². The Kier molecular flexibility index (Phi) is 4.62. The molecule has 1 rings (SSSR count). The topological polar surface area (TPSA) is 24.1 Å². The number of likely N-dealkylation sites (N-methyl/N-ethyl adjacent to an activating group) is 1. The molecule has 0 aromatic rings. The van der Waals surface area contributed by atoms with E-state index in [0.29, 0.717) is 0 Å². The van der Waals surface area contributed by atoms with Crippen molar-refractivity contribution in [3.05, 3.63) is 0 Å². The first-order valence-electron chi connectivity index (χ1n) is 5.27. The molecule has 2 N–H and O–H groups in total. The first-order valence-corrected chi connectivity index (χ1v) is 5.27. The Bertz CT molecular complexity index is 98.4. The van der Waals surface area contributed by atoms with Crippen LogP contribution in [-0.2, 0) is 0 Å². The molecule has 0 spiro atoms. The summed E-state index contributed by atoms with van der Waals surface area (Å²) in [5.74, 6) is 0. The lowest BCUT2D eigenvalue weighted by atomic mass is 9.96. The average Bonchev–Trinajstić information content (AvgIpc) is 2.06. The maximum Gasteiger partial charge on any atom is 0.0194 e. The summed E-state index contributed by atoms with van der Waals surface area (Å²) in [6, 6.07) is 1.52. The molecule has 1 aliphatic heterocycles. The Balaban J connectivity index is 2.20. The van der Waals surface area contributed by atoms with E-state index < -0.39 is 0 Å². The smallest absolute Gasteiger partial charge is 0.0194 e. The minimum Gasteiger partial charge on any atom is -0.318 e.